The lowest BCUT2D eigenvalue weighted by molar-refractivity contribution is -0.122. The lowest BCUT2D eigenvalue weighted by atomic mass is 9.70. The molecule has 0 spiro atoms. The Bertz CT molecular complexity index is 1160. The van der Waals surface area contributed by atoms with Crippen molar-refractivity contribution >= 4 is 22.9 Å². The van der Waals surface area contributed by atoms with E-state index in [0.29, 0.717) is 30.6 Å². The van der Waals surface area contributed by atoms with E-state index in [1.165, 1.54) is 6.33 Å². The van der Waals surface area contributed by atoms with Crippen molar-refractivity contribution in [3.05, 3.63) is 23.7 Å². The van der Waals surface area contributed by atoms with Crippen LogP contribution in [0.3, 0.4) is 0 Å². The fraction of sp³-hybridized carbons (Fsp3) is 0.545. The first-order chi connectivity index (χ1) is 15.1. The minimum absolute atomic E-state index is 0.0146. The molecule has 1 aliphatic heterocycles. The van der Waals surface area contributed by atoms with E-state index in [0.717, 1.165) is 12.8 Å². The largest absolute Gasteiger partial charge is 0.508 e. The summed E-state index contributed by atoms with van der Waals surface area (Å²) >= 11 is 0. The minimum atomic E-state index is -1.10. The first kappa shape index (κ1) is 21.9. The number of hydrogen-bond donors (Lipinski definition) is 4. The van der Waals surface area contributed by atoms with Crippen LogP contribution in [-0.2, 0) is 9.53 Å². The number of nitrogens with two attached hydrogens (primary N) is 1. The summed E-state index contributed by atoms with van der Waals surface area (Å²) in [6.45, 7) is 6.43. The first-order valence-corrected chi connectivity index (χ1v) is 10.7. The third kappa shape index (κ3) is 4.21. The summed E-state index contributed by atoms with van der Waals surface area (Å²) in [5, 5.41) is 23.7. The van der Waals surface area contributed by atoms with E-state index in [2.05, 4.69) is 46.0 Å². The van der Waals surface area contributed by atoms with Crippen LogP contribution in [0, 0.1) is 17.3 Å². The van der Waals surface area contributed by atoms with Gasteiger partial charge >= 0.3 is 0 Å². The van der Waals surface area contributed by atoms with Gasteiger partial charge in [0.15, 0.2) is 17.7 Å². The molecule has 0 bridgehead atoms. The molecule has 0 aromatic carbocycles. The zero-order chi connectivity index (χ0) is 23.1. The molecule has 2 aliphatic rings. The minimum Gasteiger partial charge on any atom is -0.508 e. The lowest BCUT2D eigenvalue weighted by Gasteiger charge is -2.38. The highest BCUT2D eigenvalue weighted by atomic mass is 16.5. The molecule has 2 aromatic heterocycles. The maximum Gasteiger partial charge on any atom is 0.290 e. The Hall–Kier alpha value is -3.32. The molecule has 5 N–H and O–H groups in total. The SMILES string of the molecule is CCNC(=O)C1=C(O)C[C@H](n2cnc3c(N)nc(C#CC4(O)CCCC(C)(C)C4)nc32)O1. The van der Waals surface area contributed by atoms with Gasteiger partial charge in [0.2, 0.25) is 11.6 Å². The number of imidazole rings is 1. The van der Waals surface area contributed by atoms with Gasteiger partial charge in [-0.3, -0.25) is 9.36 Å². The van der Waals surface area contributed by atoms with Gasteiger partial charge < -0.3 is 26.0 Å². The van der Waals surface area contributed by atoms with Crippen LogP contribution < -0.4 is 11.1 Å². The third-order valence-corrected chi connectivity index (χ3v) is 5.81. The Labute approximate surface area is 185 Å². The second kappa shape index (κ2) is 7.98. The molecule has 170 valence electrons. The van der Waals surface area contributed by atoms with Gasteiger partial charge in [0.25, 0.3) is 5.91 Å². The number of fused-ring (bicyclic) bond motifs is 1. The molecule has 10 nitrogen and oxygen atoms in total. The average molecular weight is 441 g/mol. The molecule has 3 heterocycles. The summed E-state index contributed by atoms with van der Waals surface area (Å²) in [6.07, 6.45) is 3.97. The van der Waals surface area contributed by atoms with Crippen molar-refractivity contribution in [1.29, 1.82) is 0 Å². The van der Waals surface area contributed by atoms with E-state index in [9.17, 15) is 15.0 Å². The van der Waals surface area contributed by atoms with Gasteiger partial charge in [-0.25, -0.2) is 15.0 Å². The van der Waals surface area contributed by atoms with Crippen LogP contribution in [0.5, 0.6) is 0 Å². The standard InChI is InChI=1S/C22H28N6O4/c1-4-24-20(30)17-13(29)10-15(32-17)28-12-25-16-18(23)26-14(27-19(16)28)6-9-22(31)8-5-7-21(2,3)11-22/h12,15,29,31H,4-5,7-8,10-11H2,1-3H3,(H,24,30)(H2,23,26,27)/t15-,22?/m1/s1. The van der Waals surface area contributed by atoms with Gasteiger partial charge in [-0.1, -0.05) is 19.8 Å². The smallest absolute Gasteiger partial charge is 0.290 e. The van der Waals surface area contributed by atoms with E-state index in [1.54, 1.807) is 11.5 Å². The molecule has 1 aliphatic carbocycles. The van der Waals surface area contributed by atoms with Gasteiger partial charge in [0.05, 0.1) is 6.42 Å². The number of aromatic nitrogens is 4. The van der Waals surface area contributed by atoms with Gasteiger partial charge in [0.1, 0.15) is 23.2 Å². The maximum atomic E-state index is 12.1. The van der Waals surface area contributed by atoms with Crippen molar-refractivity contribution < 1.29 is 19.7 Å². The number of hydrogen-bond acceptors (Lipinski definition) is 8. The zero-order valence-corrected chi connectivity index (χ0v) is 18.5. The van der Waals surface area contributed by atoms with Crippen LogP contribution in [-0.4, -0.2) is 47.8 Å². The third-order valence-electron chi connectivity index (χ3n) is 5.81. The summed E-state index contributed by atoms with van der Waals surface area (Å²) in [5.41, 5.74) is 5.72. The normalized spacial score (nSPS) is 24.7. The van der Waals surface area contributed by atoms with Crippen molar-refractivity contribution in [2.75, 3.05) is 12.3 Å². The van der Waals surface area contributed by atoms with Gasteiger partial charge in [-0.2, -0.15) is 0 Å². The average Bonchev–Trinajstić information content (AvgIpc) is 3.29. The van der Waals surface area contributed by atoms with Crippen LogP contribution in [0.1, 0.15) is 64.9 Å². The molecule has 4 rings (SSSR count). The Morgan fingerprint density at radius 3 is 2.91 bits per heavy atom. The second-order valence-corrected chi connectivity index (χ2v) is 9.14. The van der Waals surface area contributed by atoms with E-state index in [4.69, 9.17) is 10.5 Å². The van der Waals surface area contributed by atoms with Crippen molar-refractivity contribution in [1.82, 2.24) is 24.8 Å². The van der Waals surface area contributed by atoms with Crippen molar-refractivity contribution in [3.63, 3.8) is 0 Å². The highest BCUT2D eigenvalue weighted by molar-refractivity contribution is 5.92. The number of anilines is 1. The Morgan fingerprint density at radius 2 is 2.19 bits per heavy atom. The maximum absolute atomic E-state index is 12.1. The molecule has 1 saturated carbocycles. The topological polar surface area (TPSA) is 148 Å². The summed E-state index contributed by atoms with van der Waals surface area (Å²) in [7, 11) is 0. The number of carbonyl (C=O) groups is 1. The molecule has 10 heteroatoms. The van der Waals surface area contributed by atoms with Crippen LogP contribution in [0.4, 0.5) is 5.82 Å². The lowest BCUT2D eigenvalue weighted by Crippen LogP contribution is -2.37. The predicted molar refractivity (Wildman–Crippen MR) is 117 cm³/mol. The van der Waals surface area contributed by atoms with Crippen LogP contribution >= 0.6 is 0 Å². The molecule has 0 saturated heterocycles. The number of amides is 1. The van der Waals surface area contributed by atoms with E-state index >= 15 is 0 Å². The summed E-state index contributed by atoms with van der Waals surface area (Å²) < 4.78 is 7.26. The molecule has 1 fully saturated rings. The molecule has 2 aromatic rings. The van der Waals surface area contributed by atoms with Crippen molar-refractivity contribution in [3.8, 4) is 11.8 Å². The molecule has 32 heavy (non-hydrogen) atoms. The zero-order valence-electron chi connectivity index (χ0n) is 18.5. The van der Waals surface area contributed by atoms with Crippen LogP contribution in [0.25, 0.3) is 11.2 Å². The number of rotatable bonds is 3. The van der Waals surface area contributed by atoms with Gasteiger partial charge in [-0.05, 0) is 43.9 Å². The summed E-state index contributed by atoms with van der Waals surface area (Å²) in [6, 6.07) is 0. The number of nitrogens with zero attached hydrogens (tertiary/aromatic N) is 4. The quantitative estimate of drug-likeness (QED) is 0.529. The molecule has 1 amide bonds. The molecular weight excluding hydrogens is 412 g/mol. The van der Waals surface area contributed by atoms with Gasteiger partial charge in [0, 0.05) is 6.54 Å². The highest BCUT2D eigenvalue weighted by Crippen LogP contribution is 2.40. The summed E-state index contributed by atoms with van der Waals surface area (Å²) in [4.78, 5) is 25.0. The van der Waals surface area contributed by atoms with Crippen molar-refractivity contribution in [2.45, 2.75) is 64.7 Å². The monoisotopic (exact) mass is 440 g/mol. The number of likely N-dealkylation sites (N-methyl/N-ethyl adjacent to an activating group) is 1. The molecule has 1 unspecified atom stereocenters. The fourth-order valence-electron chi connectivity index (χ4n) is 4.40. The fourth-order valence-corrected chi connectivity index (χ4v) is 4.40. The highest BCUT2D eigenvalue weighted by Gasteiger charge is 2.37. The molecular formula is C22H28N6O4. The van der Waals surface area contributed by atoms with E-state index in [-0.39, 0.29) is 35.0 Å². The predicted octanol–water partition coefficient (Wildman–Crippen LogP) is 1.92. The second-order valence-electron chi connectivity index (χ2n) is 9.14. The van der Waals surface area contributed by atoms with E-state index < -0.39 is 17.7 Å². The van der Waals surface area contributed by atoms with Gasteiger partial charge in [-0.15, -0.1) is 0 Å². The number of ether oxygens (including phenoxy) is 1. The van der Waals surface area contributed by atoms with Crippen LogP contribution in [0.2, 0.25) is 0 Å². The summed E-state index contributed by atoms with van der Waals surface area (Å²) in [5.74, 6) is 5.38. The molecule has 0 radical (unpaired) electrons. The number of nitrogen functional groups attached to an aromatic ring is 1. The number of aliphatic hydroxyl groups is 2. The van der Waals surface area contributed by atoms with E-state index in [1.807, 2.05) is 0 Å². The first-order valence-electron chi connectivity index (χ1n) is 10.7. The number of nitrogens with one attached hydrogen (secondary N) is 1. The molecule has 2 atom stereocenters. The van der Waals surface area contributed by atoms with Crippen molar-refractivity contribution in [2.24, 2.45) is 5.41 Å². The Kier molecular flexibility index (Phi) is 5.46. The number of carbonyl (C=O) groups excluding carboxylic acids is 1. The Balaban J connectivity index is 1.63. The number of aliphatic hydroxyl groups excluding tert-OH is 1. The van der Waals surface area contributed by atoms with Crippen LogP contribution in [0.15, 0.2) is 17.8 Å². The Morgan fingerprint density at radius 1 is 1.41 bits per heavy atom.